The first-order valence-corrected chi connectivity index (χ1v) is 9.52. The molecule has 1 aliphatic rings. The van der Waals surface area contributed by atoms with E-state index in [0.29, 0.717) is 16.5 Å². The first-order chi connectivity index (χ1) is 14.8. The maximum Gasteiger partial charge on any atom is 0.300 e. The number of hydrogen-bond acceptors (Lipinski definition) is 7. The molecule has 0 bridgehead atoms. The van der Waals surface area contributed by atoms with Crippen molar-refractivity contribution in [2.24, 2.45) is 0 Å². The predicted octanol–water partition coefficient (Wildman–Crippen LogP) is 2.93. The minimum absolute atomic E-state index is 0.00476. The Labute approximate surface area is 183 Å². The molecule has 1 heterocycles. The fourth-order valence-electron chi connectivity index (χ4n) is 3.40. The van der Waals surface area contributed by atoms with Crippen molar-refractivity contribution >= 4 is 40.6 Å². The van der Waals surface area contributed by atoms with Gasteiger partial charge >= 0.3 is 0 Å². The quantitative estimate of drug-likeness (QED) is 0.649. The van der Waals surface area contributed by atoms with Gasteiger partial charge in [0, 0.05) is 11.1 Å². The number of carbonyl (C=O) groups is 3. The van der Waals surface area contributed by atoms with Crippen molar-refractivity contribution in [2.45, 2.75) is 13.0 Å². The molecule has 2 aromatic carbocycles. The number of halogens is 1. The zero-order valence-electron chi connectivity index (χ0n) is 17.6. The summed E-state index contributed by atoms with van der Waals surface area (Å²) in [5, 5.41) is 3.08. The average molecular weight is 449 g/mol. The molecular formula is C21H21ClN2O7. The molecule has 0 saturated carbocycles. The molecule has 1 unspecified atom stereocenters. The number of nitrogens with zero attached hydrogens (tertiary/aromatic N) is 1. The maximum absolute atomic E-state index is 13.0. The molecule has 9 nitrogen and oxygen atoms in total. The fourth-order valence-corrected chi connectivity index (χ4v) is 3.57. The highest BCUT2D eigenvalue weighted by molar-refractivity contribution is 6.53. The smallest absolute Gasteiger partial charge is 0.300 e. The third-order valence-electron chi connectivity index (χ3n) is 4.89. The minimum atomic E-state index is -1.05. The molecule has 2 aromatic rings. The van der Waals surface area contributed by atoms with Gasteiger partial charge in [-0.15, -0.1) is 0 Å². The molecule has 1 atom stereocenters. The number of ketones is 1. The van der Waals surface area contributed by atoms with Crippen LogP contribution in [0.15, 0.2) is 24.3 Å². The monoisotopic (exact) mass is 448 g/mol. The number of Topliss-reactive ketones (excluding diaryl/α,β-unsaturated/α-hetero) is 1. The Hall–Kier alpha value is -3.46. The summed E-state index contributed by atoms with van der Waals surface area (Å²) in [5.41, 5.74) is 0.519. The number of rotatable bonds is 7. The van der Waals surface area contributed by atoms with Crippen molar-refractivity contribution < 1.29 is 33.3 Å². The number of benzene rings is 2. The maximum atomic E-state index is 13.0. The molecule has 10 heteroatoms. The molecular weight excluding hydrogens is 428 g/mol. The number of anilines is 2. The Morgan fingerprint density at radius 1 is 0.968 bits per heavy atom. The largest absolute Gasteiger partial charge is 0.495 e. The van der Waals surface area contributed by atoms with Crippen molar-refractivity contribution in [2.75, 3.05) is 38.7 Å². The Morgan fingerprint density at radius 2 is 1.61 bits per heavy atom. The summed E-state index contributed by atoms with van der Waals surface area (Å²) in [6, 6.07) is 5.15. The highest BCUT2D eigenvalue weighted by atomic mass is 35.5. The standard InChI is InChI=1S/C21H21ClN2O7/c1-10(20(26)23-12-8-11(22)6-7-14(12)28-2)24-13-9-15(29-3)18(30-4)19(31-5)16(13)17(25)21(24)27/h6-10H,1-5H3,(H,23,26). The van der Waals surface area contributed by atoms with Crippen molar-refractivity contribution in [3.05, 3.63) is 34.9 Å². The van der Waals surface area contributed by atoms with Crippen LogP contribution in [0.4, 0.5) is 11.4 Å². The van der Waals surface area contributed by atoms with Crippen molar-refractivity contribution in [3.63, 3.8) is 0 Å². The van der Waals surface area contributed by atoms with Crippen LogP contribution in [-0.4, -0.2) is 52.1 Å². The van der Waals surface area contributed by atoms with Gasteiger partial charge in [0.25, 0.3) is 11.7 Å². The molecule has 0 saturated heterocycles. The van der Waals surface area contributed by atoms with E-state index in [0.717, 1.165) is 4.90 Å². The molecule has 0 spiro atoms. The van der Waals surface area contributed by atoms with E-state index in [1.807, 2.05) is 0 Å². The molecule has 0 aliphatic carbocycles. The van der Waals surface area contributed by atoms with Gasteiger partial charge in [0.05, 0.1) is 45.4 Å². The zero-order valence-corrected chi connectivity index (χ0v) is 18.3. The lowest BCUT2D eigenvalue weighted by Crippen LogP contribution is -2.45. The summed E-state index contributed by atoms with van der Waals surface area (Å²) in [4.78, 5) is 39.6. The van der Waals surface area contributed by atoms with Crippen LogP contribution in [0.1, 0.15) is 17.3 Å². The van der Waals surface area contributed by atoms with Crippen LogP contribution < -0.4 is 29.2 Å². The Kier molecular flexibility index (Phi) is 6.26. The van der Waals surface area contributed by atoms with Crippen LogP contribution >= 0.6 is 11.6 Å². The molecule has 3 rings (SSSR count). The lowest BCUT2D eigenvalue weighted by molar-refractivity contribution is -0.120. The van der Waals surface area contributed by atoms with Gasteiger partial charge in [0.15, 0.2) is 11.5 Å². The molecule has 0 aromatic heterocycles. The lowest BCUT2D eigenvalue weighted by atomic mass is 10.1. The van der Waals surface area contributed by atoms with Crippen LogP contribution in [0.5, 0.6) is 23.0 Å². The van der Waals surface area contributed by atoms with Gasteiger partial charge < -0.3 is 24.3 Å². The molecule has 2 amide bonds. The van der Waals surface area contributed by atoms with Gasteiger partial charge in [-0.2, -0.15) is 0 Å². The van der Waals surface area contributed by atoms with E-state index in [9.17, 15) is 14.4 Å². The van der Waals surface area contributed by atoms with E-state index in [1.54, 1.807) is 12.1 Å². The van der Waals surface area contributed by atoms with E-state index in [-0.39, 0.29) is 28.5 Å². The average Bonchev–Trinajstić information content (AvgIpc) is 3.01. The number of fused-ring (bicyclic) bond motifs is 1. The number of carbonyl (C=O) groups excluding carboxylic acids is 3. The van der Waals surface area contributed by atoms with Gasteiger partial charge in [0.2, 0.25) is 11.7 Å². The van der Waals surface area contributed by atoms with Crippen LogP contribution in [0, 0.1) is 0 Å². The molecule has 164 valence electrons. The van der Waals surface area contributed by atoms with Gasteiger partial charge in [0.1, 0.15) is 11.8 Å². The highest BCUT2D eigenvalue weighted by Gasteiger charge is 2.44. The summed E-state index contributed by atoms with van der Waals surface area (Å²) in [6.45, 7) is 1.50. The summed E-state index contributed by atoms with van der Waals surface area (Å²) in [5.74, 6) is -1.37. The van der Waals surface area contributed by atoms with Crippen molar-refractivity contribution in [3.8, 4) is 23.0 Å². The van der Waals surface area contributed by atoms with E-state index >= 15 is 0 Å². The first kappa shape index (κ1) is 22.2. The molecule has 0 radical (unpaired) electrons. The Bertz CT molecular complexity index is 1070. The lowest BCUT2D eigenvalue weighted by Gasteiger charge is -2.25. The Balaban J connectivity index is 2.03. The topological polar surface area (TPSA) is 103 Å². The van der Waals surface area contributed by atoms with Crippen molar-refractivity contribution in [1.29, 1.82) is 0 Å². The van der Waals surface area contributed by atoms with E-state index in [2.05, 4.69) is 5.32 Å². The van der Waals surface area contributed by atoms with Gasteiger partial charge in [-0.1, -0.05) is 11.6 Å². The van der Waals surface area contributed by atoms with Gasteiger partial charge in [-0.05, 0) is 25.1 Å². The van der Waals surface area contributed by atoms with Gasteiger partial charge in [-0.25, -0.2) is 0 Å². The van der Waals surface area contributed by atoms with Crippen molar-refractivity contribution in [1.82, 2.24) is 0 Å². The normalized spacial score (nSPS) is 13.5. The van der Waals surface area contributed by atoms with Crippen LogP contribution in [0.25, 0.3) is 0 Å². The summed E-state index contributed by atoms with van der Waals surface area (Å²) in [7, 11) is 5.60. The minimum Gasteiger partial charge on any atom is -0.495 e. The molecule has 31 heavy (non-hydrogen) atoms. The third kappa shape index (κ3) is 3.72. The van der Waals surface area contributed by atoms with Crippen LogP contribution in [0.3, 0.4) is 0 Å². The first-order valence-electron chi connectivity index (χ1n) is 9.14. The predicted molar refractivity (Wildman–Crippen MR) is 114 cm³/mol. The SMILES string of the molecule is COc1ccc(Cl)cc1NC(=O)C(C)N1C(=O)C(=O)c2c1cc(OC)c(OC)c2OC. The zero-order chi connectivity index (χ0) is 22.9. The third-order valence-corrected chi connectivity index (χ3v) is 5.13. The Morgan fingerprint density at radius 3 is 2.19 bits per heavy atom. The second kappa shape index (κ2) is 8.73. The molecule has 1 aliphatic heterocycles. The number of hydrogen-bond donors (Lipinski definition) is 1. The summed E-state index contributed by atoms with van der Waals surface area (Å²) < 4.78 is 21.2. The second-order valence-corrected chi connectivity index (χ2v) is 6.99. The molecule has 0 fully saturated rings. The summed E-state index contributed by atoms with van der Waals surface area (Å²) in [6.07, 6.45) is 0. The number of amides is 2. The van der Waals surface area contributed by atoms with E-state index in [1.165, 1.54) is 47.5 Å². The number of methoxy groups -OCH3 is 4. The van der Waals surface area contributed by atoms with E-state index < -0.39 is 23.6 Å². The number of nitrogens with one attached hydrogen (secondary N) is 1. The fraction of sp³-hybridized carbons (Fsp3) is 0.286. The summed E-state index contributed by atoms with van der Waals surface area (Å²) >= 11 is 6.01. The highest BCUT2D eigenvalue weighted by Crippen LogP contribution is 2.48. The van der Waals surface area contributed by atoms with E-state index in [4.69, 9.17) is 30.5 Å². The molecule has 1 N–H and O–H groups in total. The van der Waals surface area contributed by atoms with Crippen LogP contribution in [0.2, 0.25) is 5.02 Å². The van der Waals surface area contributed by atoms with Gasteiger partial charge in [-0.3, -0.25) is 19.3 Å². The van der Waals surface area contributed by atoms with Crippen LogP contribution in [-0.2, 0) is 9.59 Å². The number of ether oxygens (including phenoxy) is 4. The second-order valence-electron chi connectivity index (χ2n) is 6.55.